The van der Waals surface area contributed by atoms with Gasteiger partial charge in [-0.1, -0.05) is 0 Å². The lowest BCUT2D eigenvalue weighted by atomic mass is 10.3. The molecule has 1 saturated heterocycles. The normalized spacial score (nSPS) is 38.1. The second-order valence-corrected chi connectivity index (χ2v) is 3.63. The number of hydrogen-bond acceptors (Lipinski definition) is 2. The largest absolute Gasteiger partial charge is 0.465 e. The van der Waals surface area contributed by atoms with Crippen LogP contribution in [-0.2, 0) is 4.74 Å². The average Bonchev–Trinajstić information content (AvgIpc) is 2.51. The van der Waals surface area contributed by atoms with E-state index in [0.29, 0.717) is 30.8 Å². The summed E-state index contributed by atoms with van der Waals surface area (Å²) in [6, 6.07) is 0. The maximum Gasteiger partial charge on any atom is 0.407 e. The van der Waals surface area contributed by atoms with Gasteiger partial charge < -0.3 is 14.7 Å². The third-order valence-electron chi connectivity index (χ3n) is 3.00. The zero-order valence-electron chi connectivity index (χ0n) is 7.06. The summed E-state index contributed by atoms with van der Waals surface area (Å²) in [6.07, 6.45) is -0.779. The second-order valence-electron chi connectivity index (χ2n) is 3.63. The minimum atomic E-state index is -0.779. The third-order valence-corrected chi connectivity index (χ3v) is 3.00. The van der Waals surface area contributed by atoms with E-state index in [1.807, 2.05) is 0 Å². The van der Waals surface area contributed by atoms with Crippen molar-refractivity contribution in [1.82, 2.24) is 4.90 Å². The molecule has 2 aliphatic rings. The Morgan fingerprint density at radius 3 is 2.58 bits per heavy atom. The fourth-order valence-corrected chi connectivity index (χ4v) is 2.25. The van der Waals surface area contributed by atoms with Crippen molar-refractivity contribution in [3.05, 3.63) is 0 Å². The summed E-state index contributed by atoms with van der Waals surface area (Å²) < 4.78 is 5.03. The molecule has 4 heteroatoms. The number of likely N-dealkylation sites (tertiary alicyclic amines) is 1. The molecule has 0 bridgehead atoms. The molecule has 0 spiro atoms. The molecule has 68 valence electrons. The number of ether oxygens (including phenoxy) is 1. The Kier molecular flexibility index (Phi) is 1.72. The minimum Gasteiger partial charge on any atom is -0.465 e. The highest BCUT2D eigenvalue weighted by molar-refractivity contribution is 5.65. The van der Waals surface area contributed by atoms with Crippen molar-refractivity contribution in [1.29, 1.82) is 0 Å². The predicted molar refractivity (Wildman–Crippen MR) is 41.9 cm³/mol. The summed E-state index contributed by atoms with van der Waals surface area (Å²) in [5.74, 6) is 1.80. The molecule has 1 N–H and O–H groups in total. The van der Waals surface area contributed by atoms with E-state index >= 15 is 0 Å². The van der Waals surface area contributed by atoms with Crippen LogP contribution in [0, 0.1) is 17.8 Å². The molecule has 4 nitrogen and oxygen atoms in total. The highest BCUT2D eigenvalue weighted by atomic mass is 16.5. The first-order valence-corrected chi connectivity index (χ1v) is 4.21. The van der Waals surface area contributed by atoms with E-state index < -0.39 is 6.09 Å². The zero-order chi connectivity index (χ0) is 8.72. The van der Waals surface area contributed by atoms with E-state index in [-0.39, 0.29) is 0 Å². The van der Waals surface area contributed by atoms with Crippen molar-refractivity contribution >= 4 is 6.09 Å². The van der Waals surface area contributed by atoms with Gasteiger partial charge >= 0.3 is 6.09 Å². The minimum absolute atomic E-state index is 0.584. The van der Waals surface area contributed by atoms with E-state index in [0.717, 1.165) is 6.61 Å². The monoisotopic (exact) mass is 171 g/mol. The molecule has 12 heavy (non-hydrogen) atoms. The Hall–Kier alpha value is -0.770. The number of amides is 1. The topological polar surface area (TPSA) is 49.8 Å². The van der Waals surface area contributed by atoms with Crippen LogP contribution in [0.5, 0.6) is 0 Å². The number of rotatable bonds is 2. The van der Waals surface area contributed by atoms with Crippen molar-refractivity contribution in [2.24, 2.45) is 17.8 Å². The summed E-state index contributed by atoms with van der Waals surface area (Å²) in [5, 5.41) is 8.66. The molecule has 0 aromatic carbocycles. The number of hydrogen-bond donors (Lipinski definition) is 1. The molecule has 3 atom stereocenters. The maximum atomic E-state index is 10.5. The maximum absolute atomic E-state index is 10.5. The highest BCUT2D eigenvalue weighted by Crippen LogP contribution is 2.51. The Morgan fingerprint density at radius 2 is 2.17 bits per heavy atom. The molecular weight excluding hydrogens is 158 g/mol. The summed E-state index contributed by atoms with van der Waals surface area (Å²) >= 11 is 0. The van der Waals surface area contributed by atoms with Crippen molar-refractivity contribution in [3.63, 3.8) is 0 Å². The lowest BCUT2D eigenvalue weighted by Crippen LogP contribution is -2.30. The van der Waals surface area contributed by atoms with E-state index in [1.165, 1.54) is 4.90 Å². The van der Waals surface area contributed by atoms with Gasteiger partial charge in [0.15, 0.2) is 0 Å². The summed E-state index contributed by atoms with van der Waals surface area (Å²) in [6.45, 7) is 2.23. The van der Waals surface area contributed by atoms with Crippen LogP contribution in [0.2, 0.25) is 0 Å². The van der Waals surface area contributed by atoms with Gasteiger partial charge in [-0.15, -0.1) is 0 Å². The van der Waals surface area contributed by atoms with Gasteiger partial charge in [-0.3, -0.25) is 0 Å². The first-order valence-electron chi connectivity index (χ1n) is 4.21. The Balaban J connectivity index is 1.82. The van der Waals surface area contributed by atoms with Gasteiger partial charge in [0.05, 0.1) is 0 Å². The number of fused-ring (bicyclic) bond motifs is 1. The average molecular weight is 171 g/mol. The quantitative estimate of drug-likeness (QED) is 0.657. The molecule has 1 aliphatic carbocycles. The van der Waals surface area contributed by atoms with Gasteiger partial charge in [0, 0.05) is 26.8 Å². The zero-order valence-corrected chi connectivity index (χ0v) is 7.06. The second kappa shape index (κ2) is 2.62. The highest BCUT2D eigenvalue weighted by Gasteiger charge is 2.56. The van der Waals surface area contributed by atoms with Crippen LogP contribution in [-0.4, -0.2) is 42.9 Å². The molecule has 1 unspecified atom stereocenters. The van der Waals surface area contributed by atoms with E-state index in [4.69, 9.17) is 9.84 Å². The summed E-state index contributed by atoms with van der Waals surface area (Å²) in [5.41, 5.74) is 0. The van der Waals surface area contributed by atoms with Gasteiger partial charge in [0.25, 0.3) is 0 Å². The first-order chi connectivity index (χ1) is 5.74. The Bertz CT molecular complexity index is 194. The van der Waals surface area contributed by atoms with E-state index in [1.54, 1.807) is 7.11 Å². The van der Waals surface area contributed by atoms with Crippen LogP contribution in [0.3, 0.4) is 0 Å². The number of nitrogens with zero attached hydrogens (tertiary/aromatic N) is 1. The van der Waals surface area contributed by atoms with Crippen molar-refractivity contribution < 1.29 is 14.6 Å². The smallest absolute Gasteiger partial charge is 0.407 e. The van der Waals surface area contributed by atoms with Crippen LogP contribution in [0.15, 0.2) is 0 Å². The van der Waals surface area contributed by atoms with Gasteiger partial charge in [-0.25, -0.2) is 4.79 Å². The number of methoxy groups -OCH3 is 1. The van der Waals surface area contributed by atoms with E-state index in [2.05, 4.69) is 0 Å². The van der Waals surface area contributed by atoms with Gasteiger partial charge in [-0.2, -0.15) is 0 Å². The SMILES string of the molecule is COC[C@@H]1C2CN(C(=O)O)C[C@H]21. The summed E-state index contributed by atoms with van der Waals surface area (Å²) in [7, 11) is 1.70. The Morgan fingerprint density at radius 1 is 1.58 bits per heavy atom. The van der Waals surface area contributed by atoms with Gasteiger partial charge in [0.2, 0.25) is 0 Å². The van der Waals surface area contributed by atoms with Crippen LogP contribution in [0.4, 0.5) is 4.79 Å². The van der Waals surface area contributed by atoms with E-state index in [9.17, 15) is 4.79 Å². The number of carbonyl (C=O) groups is 1. The van der Waals surface area contributed by atoms with Crippen LogP contribution < -0.4 is 0 Å². The first kappa shape index (κ1) is 7.86. The number of carboxylic acid groups (broad SMARTS) is 1. The molecule has 0 aromatic rings. The molecule has 1 saturated carbocycles. The Labute approximate surface area is 71.1 Å². The van der Waals surface area contributed by atoms with Gasteiger partial charge in [0.1, 0.15) is 0 Å². The van der Waals surface area contributed by atoms with Crippen molar-refractivity contribution in [2.45, 2.75) is 0 Å². The lowest BCUT2D eigenvalue weighted by molar-refractivity contribution is 0.136. The molecule has 1 amide bonds. The molecule has 2 rings (SSSR count). The molecule has 0 aromatic heterocycles. The molecule has 1 aliphatic heterocycles. The van der Waals surface area contributed by atoms with Crippen molar-refractivity contribution in [3.8, 4) is 0 Å². The van der Waals surface area contributed by atoms with Crippen molar-refractivity contribution in [2.75, 3.05) is 26.8 Å². The molecular formula is C8H13NO3. The predicted octanol–water partition coefficient (Wildman–Crippen LogP) is 0.489. The van der Waals surface area contributed by atoms with Crippen LogP contribution in [0.25, 0.3) is 0 Å². The third kappa shape index (κ3) is 1.06. The fraction of sp³-hybridized carbons (Fsp3) is 0.875. The fourth-order valence-electron chi connectivity index (χ4n) is 2.25. The molecule has 0 radical (unpaired) electrons. The molecule has 2 fully saturated rings. The van der Waals surface area contributed by atoms with Crippen LogP contribution >= 0.6 is 0 Å². The summed E-state index contributed by atoms with van der Waals surface area (Å²) in [4.78, 5) is 12.0. The molecule has 1 heterocycles. The standard InChI is InChI=1S/C8H13NO3/c1-12-4-7-5-2-9(8(10)11)3-6(5)7/h5-7H,2-4H2,1H3,(H,10,11)/t5-,6?,7+/m1/s1. The van der Waals surface area contributed by atoms with Gasteiger partial charge in [-0.05, 0) is 17.8 Å². The number of piperidine rings is 1. The van der Waals surface area contributed by atoms with Crippen LogP contribution in [0.1, 0.15) is 0 Å². The lowest BCUT2D eigenvalue weighted by Gasteiger charge is -2.15.